The van der Waals surface area contributed by atoms with Gasteiger partial charge in [-0.15, -0.1) is 0 Å². The van der Waals surface area contributed by atoms with E-state index in [4.69, 9.17) is 10.3 Å². The molecule has 0 saturated heterocycles. The summed E-state index contributed by atoms with van der Waals surface area (Å²) >= 11 is 0. The van der Waals surface area contributed by atoms with Gasteiger partial charge >= 0.3 is 0 Å². The van der Waals surface area contributed by atoms with Gasteiger partial charge in [0.1, 0.15) is 0 Å². The first-order valence-corrected chi connectivity index (χ1v) is 7.10. The third-order valence-electron chi connectivity index (χ3n) is 4.19. The second-order valence-electron chi connectivity index (χ2n) is 6.34. The molecular weight excluding hydrogens is 252 g/mol. The third-order valence-corrected chi connectivity index (χ3v) is 4.19. The molecule has 0 atom stereocenters. The highest BCUT2D eigenvalue weighted by atomic mass is 16.5. The van der Waals surface area contributed by atoms with Crippen molar-refractivity contribution in [2.75, 3.05) is 5.73 Å². The molecule has 2 aromatic rings. The van der Waals surface area contributed by atoms with Crippen LogP contribution in [0.2, 0.25) is 0 Å². The molecule has 5 heteroatoms. The van der Waals surface area contributed by atoms with Crippen LogP contribution in [0.3, 0.4) is 0 Å². The summed E-state index contributed by atoms with van der Waals surface area (Å²) in [4.78, 5) is 8.70. The molecule has 106 valence electrons. The highest BCUT2D eigenvalue weighted by molar-refractivity contribution is 5.65. The molecule has 0 unspecified atom stereocenters. The lowest BCUT2D eigenvalue weighted by molar-refractivity contribution is 0.218. The fraction of sp³-hybridized carbons (Fsp3) is 0.533. The average molecular weight is 272 g/mol. The summed E-state index contributed by atoms with van der Waals surface area (Å²) in [5.41, 5.74) is 7.46. The average Bonchev–Trinajstić information content (AvgIpc) is 2.88. The Morgan fingerprint density at radius 2 is 2.05 bits per heavy atom. The molecule has 2 heterocycles. The van der Waals surface area contributed by atoms with E-state index < -0.39 is 0 Å². The summed E-state index contributed by atoms with van der Waals surface area (Å²) in [6.45, 7) is 4.64. The van der Waals surface area contributed by atoms with Crippen LogP contribution in [0.15, 0.2) is 22.9 Å². The van der Waals surface area contributed by atoms with E-state index in [9.17, 15) is 0 Å². The van der Waals surface area contributed by atoms with Gasteiger partial charge in [-0.05, 0) is 43.2 Å². The standard InChI is InChI=1S/C15H20N4O/c1-15(2)7-5-10(6-8-15)13-18-14(20-19-13)12-11(16)4-3-9-17-12/h3-4,9-10H,5-8,16H2,1-2H3. The minimum Gasteiger partial charge on any atom is -0.397 e. The Morgan fingerprint density at radius 3 is 2.75 bits per heavy atom. The van der Waals surface area contributed by atoms with Crippen LogP contribution < -0.4 is 5.73 Å². The summed E-state index contributed by atoms with van der Waals surface area (Å²) in [5.74, 6) is 1.61. The summed E-state index contributed by atoms with van der Waals surface area (Å²) in [6, 6.07) is 3.58. The maximum absolute atomic E-state index is 5.89. The number of anilines is 1. The number of aromatic nitrogens is 3. The van der Waals surface area contributed by atoms with Crippen molar-refractivity contribution in [2.45, 2.75) is 45.4 Å². The Hall–Kier alpha value is -1.91. The van der Waals surface area contributed by atoms with Crippen molar-refractivity contribution in [3.63, 3.8) is 0 Å². The summed E-state index contributed by atoms with van der Waals surface area (Å²) in [6.07, 6.45) is 6.31. The molecule has 0 bridgehead atoms. The summed E-state index contributed by atoms with van der Waals surface area (Å²) in [5, 5.41) is 4.12. The second kappa shape index (κ2) is 4.89. The Kier molecular flexibility index (Phi) is 3.20. The van der Waals surface area contributed by atoms with Gasteiger partial charge in [0, 0.05) is 12.1 Å². The smallest absolute Gasteiger partial charge is 0.278 e. The second-order valence-corrected chi connectivity index (χ2v) is 6.34. The molecule has 2 N–H and O–H groups in total. The largest absolute Gasteiger partial charge is 0.397 e. The Bertz CT molecular complexity index is 595. The van der Waals surface area contributed by atoms with Crippen LogP contribution in [-0.4, -0.2) is 15.1 Å². The van der Waals surface area contributed by atoms with Crippen LogP contribution in [0.1, 0.15) is 51.3 Å². The van der Waals surface area contributed by atoms with Crippen LogP contribution in [0, 0.1) is 5.41 Å². The van der Waals surface area contributed by atoms with Crippen molar-refractivity contribution in [1.29, 1.82) is 0 Å². The maximum atomic E-state index is 5.89. The number of pyridine rings is 1. The molecule has 0 radical (unpaired) electrons. The molecule has 0 amide bonds. The first kappa shape index (κ1) is 13.1. The molecule has 1 saturated carbocycles. The first-order chi connectivity index (χ1) is 9.55. The van der Waals surface area contributed by atoms with E-state index in [1.54, 1.807) is 18.3 Å². The molecule has 0 spiro atoms. The molecule has 1 aliphatic carbocycles. The molecule has 0 aromatic carbocycles. The lowest BCUT2D eigenvalue weighted by Crippen LogP contribution is -2.20. The van der Waals surface area contributed by atoms with Gasteiger partial charge in [-0.3, -0.25) is 0 Å². The number of hydrogen-bond acceptors (Lipinski definition) is 5. The third kappa shape index (κ3) is 2.53. The topological polar surface area (TPSA) is 77.8 Å². The highest BCUT2D eigenvalue weighted by Crippen LogP contribution is 2.41. The SMILES string of the molecule is CC1(C)CCC(c2noc(-c3ncccc3N)n2)CC1. The van der Waals surface area contributed by atoms with E-state index in [0.717, 1.165) is 18.7 Å². The van der Waals surface area contributed by atoms with Gasteiger partial charge in [-0.25, -0.2) is 4.98 Å². The van der Waals surface area contributed by atoms with E-state index in [2.05, 4.69) is 29.0 Å². The van der Waals surface area contributed by atoms with Crippen molar-refractivity contribution in [3.05, 3.63) is 24.2 Å². The number of hydrogen-bond donors (Lipinski definition) is 1. The van der Waals surface area contributed by atoms with E-state index in [1.165, 1.54) is 12.8 Å². The Morgan fingerprint density at radius 1 is 1.30 bits per heavy atom. The van der Waals surface area contributed by atoms with E-state index in [-0.39, 0.29) is 0 Å². The number of nitrogen functional groups attached to an aromatic ring is 1. The van der Waals surface area contributed by atoms with Gasteiger partial charge < -0.3 is 10.3 Å². The zero-order valence-corrected chi connectivity index (χ0v) is 12.0. The van der Waals surface area contributed by atoms with Crippen molar-refractivity contribution >= 4 is 5.69 Å². The van der Waals surface area contributed by atoms with Gasteiger partial charge in [0.05, 0.1) is 5.69 Å². The minimum absolute atomic E-state index is 0.394. The van der Waals surface area contributed by atoms with Gasteiger partial charge in [-0.1, -0.05) is 19.0 Å². The predicted octanol–water partition coefficient (Wildman–Crippen LogP) is 3.40. The van der Waals surface area contributed by atoms with Crippen molar-refractivity contribution in [3.8, 4) is 11.6 Å². The van der Waals surface area contributed by atoms with Crippen LogP contribution in [0.5, 0.6) is 0 Å². The lowest BCUT2D eigenvalue weighted by atomic mass is 9.73. The molecular formula is C15H20N4O. The van der Waals surface area contributed by atoms with Crippen molar-refractivity contribution in [1.82, 2.24) is 15.1 Å². The van der Waals surface area contributed by atoms with E-state index in [1.807, 2.05) is 0 Å². The molecule has 1 fully saturated rings. The fourth-order valence-corrected chi connectivity index (χ4v) is 2.75. The minimum atomic E-state index is 0.394. The van der Waals surface area contributed by atoms with E-state index in [0.29, 0.717) is 28.6 Å². The molecule has 1 aliphatic rings. The zero-order chi connectivity index (χ0) is 14.2. The molecule has 2 aromatic heterocycles. The van der Waals surface area contributed by atoms with Crippen LogP contribution in [0.4, 0.5) is 5.69 Å². The van der Waals surface area contributed by atoms with Gasteiger partial charge in [0.25, 0.3) is 5.89 Å². The molecule has 0 aliphatic heterocycles. The summed E-state index contributed by atoms with van der Waals surface area (Å²) < 4.78 is 5.33. The van der Waals surface area contributed by atoms with Gasteiger partial charge in [-0.2, -0.15) is 4.98 Å². The Labute approximate surface area is 118 Å². The normalized spacial score (nSPS) is 19.1. The molecule has 20 heavy (non-hydrogen) atoms. The maximum Gasteiger partial charge on any atom is 0.278 e. The summed E-state index contributed by atoms with van der Waals surface area (Å²) in [7, 11) is 0. The highest BCUT2D eigenvalue weighted by Gasteiger charge is 2.30. The molecule has 3 rings (SSSR count). The van der Waals surface area contributed by atoms with Gasteiger partial charge in [0.2, 0.25) is 0 Å². The number of nitrogens with zero attached hydrogens (tertiary/aromatic N) is 3. The van der Waals surface area contributed by atoms with Crippen molar-refractivity contribution < 1.29 is 4.52 Å². The zero-order valence-electron chi connectivity index (χ0n) is 12.0. The van der Waals surface area contributed by atoms with Crippen LogP contribution in [0.25, 0.3) is 11.6 Å². The predicted molar refractivity (Wildman–Crippen MR) is 76.9 cm³/mol. The number of nitrogens with two attached hydrogens (primary N) is 1. The first-order valence-electron chi connectivity index (χ1n) is 7.10. The monoisotopic (exact) mass is 272 g/mol. The lowest BCUT2D eigenvalue weighted by Gasteiger charge is -2.32. The van der Waals surface area contributed by atoms with Gasteiger partial charge in [0.15, 0.2) is 11.5 Å². The van der Waals surface area contributed by atoms with Crippen LogP contribution in [-0.2, 0) is 0 Å². The van der Waals surface area contributed by atoms with Crippen molar-refractivity contribution in [2.24, 2.45) is 5.41 Å². The molecule has 5 nitrogen and oxygen atoms in total. The van der Waals surface area contributed by atoms with E-state index >= 15 is 0 Å². The Balaban J connectivity index is 1.80. The quantitative estimate of drug-likeness (QED) is 0.906. The number of rotatable bonds is 2. The van der Waals surface area contributed by atoms with Crippen LogP contribution >= 0.6 is 0 Å². The fourth-order valence-electron chi connectivity index (χ4n) is 2.75.